The molecule has 5 heteroatoms. The molecule has 1 aliphatic heterocycles. The molecule has 1 heterocycles. The van der Waals surface area contributed by atoms with Crippen LogP contribution in [0.15, 0.2) is 24.3 Å². The van der Waals surface area contributed by atoms with E-state index in [1.54, 1.807) is 29.2 Å². The summed E-state index contributed by atoms with van der Waals surface area (Å²) in [5.41, 5.74) is 5.55. The van der Waals surface area contributed by atoms with Gasteiger partial charge in [0, 0.05) is 13.1 Å². The molecule has 19 heavy (non-hydrogen) atoms. The van der Waals surface area contributed by atoms with Gasteiger partial charge in [0.25, 0.3) is 11.8 Å². The van der Waals surface area contributed by atoms with Crippen molar-refractivity contribution < 1.29 is 14.3 Å². The fourth-order valence-corrected chi connectivity index (χ4v) is 2.17. The SMILES string of the molecule is NC(=O)c1ccccc1OCC(=O)N1CCCCC1. The van der Waals surface area contributed by atoms with Gasteiger partial charge in [0.2, 0.25) is 0 Å². The van der Waals surface area contributed by atoms with Gasteiger partial charge in [-0.25, -0.2) is 0 Å². The number of ether oxygens (including phenoxy) is 1. The molecule has 0 saturated carbocycles. The van der Waals surface area contributed by atoms with Gasteiger partial charge in [-0.2, -0.15) is 0 Å². The van der Waals surface area contributed by atoms with Crippen molar-refractivity contribution in [2.24, 2.45) is 5.73 Å². The minimum Gasteiger partial charge on any atom is -0.483 e. The zero-order valence-corrected chi connectivity index (χ0v) is 10.8. The van der Waals surface area contributed by atoms with Crippen molar-refractivity contribution in [2.45, 2.75) is 19.3 Å². The molecule has 102 valence electrons. The summed E-state index contributed by atoms with van der Waals surface area (Å²) in [7, 11) is 0. The number of amides is 2. The summed E-state index contributed by atoms with van der Waals surface area (Å²) in [6.07, 6.45) is 3.27. The maximum absolute atomic E-state index is 11.9. The van der Waals surface area contributed by atoms with E-state index < -0.39 is 5.91 Å². The molecule has 1 aromatic rings. The Bertz CT molecular complexity index is 468. The number of nitrogens with two attached hydrogens (primary N) is 1. The predicted molar refractivity (Wildman–Crippen MR) is 70.9 cm³/mol. The van der Waals surface area contributed by atoms with E-state index in [1.165, 1.54) is 6.42 Å². The summed E-state index contributed by atoms with van der Waals surface area (Å²) in [5.74, 6) is -0.236. The van der Waals surface area contributed by atoms with Crippen LogP contribution in [-0.4, -0.2) is 36.4 Å². The highest BCUT2D eigenvalue weighted by atomic mass is 16.5. The average Bonchev–Trinajstić information content (AvgIpc) is 2.46. The van der Waals surface area contributed by atoms with Gasteiger partial charge in [0.05, 0.1) is 5.56 Å². The highest BCUT2D eigenvalue weighted by Crippen LogP contribution is 2.17. The minimum atomic E-state index is -0.555. The number of hydrogen-bond donors (Lipinski definition) is 1. The van der Waals surface area contributed by atoms with Crippen molar-refractivity contribution in [1.82, 2.24) is 4.90 Å². The van der Waals surface area contributed by atoms with Gasteiger partial charge in [-0.1, -0.05) is 12.1 Å². The molecule has 0 bridgehead atoms. The van der Waals surface area contributed by atoms with E-state index in [2.05, 4.69) is 0 Å². The second kappa shape index (κ2) is 6.22. The summed E-state index contributed by atoms with van der Waals surface area (Å²) in [4.78, 5) is 25.0. The second-order valence-corrected chi connectivity index (χ2v) is 4.59. The number of likely N-dealkylation sites (tertiary alicyclic amines) is 1. The van der Waals surface area contributed by atoms with E-state index in [4.69, 9.17) is 10.5 Å². The molecule has 0 radical (unpaired) electrons. The Morgan fingerprint density at radius 1 is 1.16 bits per heavy atom. The number of para-hydroxylation sites is 1. The monoisotopic (exact) mass is 262 g/mol. The molecule has 0 spiro atoms. The number of rotatable bonds is 4. The Hall–Kier alpha value is -2.04. The van der Waals surface area contributed by atoms with E-state index in [9.17, 15) is 9.59 Å². The predicted octanol–water partition coefficient (Wildman–Crippen LogP) is 1.18. The number of carbonyl (C=O) groups excluding carboxylic acids is 2. The molecule has 1 aromatic carbocycles. The summed E-state index contributed by atoms with van der Waals surface area (Å²) in [6, 6.07) is 6.68. The molecule has 5 nitrogen and oxygen atoms in total. The minimum absolute atomic E-state index is 0.0426. The van der Waals surface area contributed by atoms with Gasteiger partial charge in [0.15, 0.2) is 6.61 Å². The Morgan fingerprint density at radius 3 is 2.53 bits per heavy atom. The van der Waals surface area contributed by atoms with Gasteiger partial charge in [-0.3, -0.25) is 9.59 Å². The van der Waals surface area contributed by atoms with Gasteiger partial charge in [0.1, 0.15) is 5.75 Å². The summed E-state index contributed by atoms with van der Waals surface area (Å²) >= 11 is 0. The average molecular weight is 262 g/mol. The standard InChI is InChI=1S/C14H18N2O3/c15-14(18)11-6-2-3-7-12(11)19-10-13(17)16-8-4-1-5-9-16/h2-3,6-7H,1,4-5,8-10H2,(H2,15,18). The summed E-state index contributed by atoms with van der Waals surface area (Å²) < 4.78 is 5.42. The molecule has 2 amide bonds. The van der Waals surface area contributed by atoms with E-state index in [1.807, 2.05) is 0 Å². The van der Waals surface area contributed by atoms with Crippen LogP contribution in [-0.2, 0) is 4.79 Å². The molecule has 0 atom stereocenters. The van der Waals surface area contributed by atoms with Gasteiger partial charge in [-0.15, -0.1) is 0 Å². The quantitative estimate of drug-likeness (QED) is 0.885. The second-order valence-electron chi connectivity index (χ2n) is 4.59. The van der Waals surface area contributed by atoms with Crippen LogP contribution >= 0.6 is 0 Å². The first kappa shape index (κ1) is 13.4. The Kier molecular flexibility index (Phi) is 4.39. The number of carbonyl (C=O) groups is 2. The molecular weight excluding hydrogens is 244 g/mol. The fraction of sp³-hybridized carbons (Fsp3) is 0.429. The number of benzene rings is 1. The van der Waals surface area contributed by atoms with Gasteiger partial charge in [-0.05, 0) is 31.4 Å². The first-order valence-corrected chi connectivity index (χ1v) is 6.48. The van der Waals surface area contributed by atoms with E-state index >= 15 is 0 Å². The van der Waals surface area contributed by atoms with Crippen LogP contribution in [0.25, 0.3) is 0 Å². The third-order valence-corrected chi connectivity index (χ3v) is 3.21. The lowest BCUT2D eigenvalue weighted by atomic mass is 10.1. The molecule has 0 aromatic heterocycles. The first-order chi connectivity index (χ1) is 9.18. The summed E-state index contributed by atoms with van der Waals surface area (Å²) in [6.45, 7) is 1.53. The molecule has 2 rings (SSSR count). The topological polar surface area (TPSA) is 72.6 Å². The lowest BCUT2D eigenvalue weighted by Gasteiger charge is -2.26. The molecular formula is C14H18N2O3. The third kappa shape index (κ3) is 3.47. The zero-order valence-electron chi connectivity index (χ0n) is 10.8. The molecule has 1 saturated heterocycles. The molecule has 0 unspecified atom stereocenters. The molecule has 1 fully saturated rings. The van der Waals surface area contributed by atoms with Crippen LogP contribution in [0.2, 0.25) is 0 Å². The zero-order chi connectivity index (χ0) is 13.7. The van der Waals surface area contributed by atoms with Crippen molar-refractivity contribution in [1.29, 1.82) is 0 Å². The Balaban J connectivity index is 1.94. The Morgan fingerprint density at radius 2 is 1.84 bits per heavy atom. The Labute approximate surface area is 112 Å². The highest BCUT2D eigenvalue weighted by Gasteiger charge is 2.17. The number of hydrogen-bond acceptors (Lipinski definition) is 3. The molecule has 0 aliphatic carbocycles. The van der Waals surface area contributed by atoms with Crippen LogP contribution in [0.1, 0.15) is 29.6 Å². The van der Waals surface area contributed by atoms with Gasteiger partial charge >= 0.3 is 0 Å². The van der Waals surface area contributed by atoms with Crippen molar-refractivity contribution in [3.8, 4) is 5.75 Å². The van der Waals surface area contributed by atoms with E-state index in [-0.39, 0.29) is 12.5 Å². The van der Waals surface area contributed by atoms with Gasteiger partial charge < -0.3 is 15.4 Å². The largest absolute Gasteiger partial charge is 0.483 e. The van der Waals surface area contributed by atoms with Crippen LogP contribution in [0.3, 0.4) is 0 Å². The first-order valence-electron chi connectivity index (χ1n) is 6.48. The van der Waals surface area contributed by atoms with Crippen LogP contribution in [0.5, 0.6) is 5.75 Å². The number of piperidine rings is 1. The third-order valence-electron chi connectivity index (χ3n) is 3.21. The number of primary amides is 1. The van der Waals surface area contributed by atoms with Crippen molar-refractivity contribution in [2.75, 3.05) is 19.7 Å². The molecule has 2 N–H and O–H groups in total. The maximum atomic E-state index is 11.9. The molecule has 1 aliphatic rings. The van der Waals surface area contributed by atoms with Crippen LogP contribution < -0.4 is 10.5 Å². The number of nitrogens with zero attached hydrogens (tertiary/aromatic N) is 1. The smallest absolute Gasteiger partial charge is 0.260 e. The van der Waals surface area contributed by atoms with Crippen molar-refractivity contribution >= 4 is 11.8 Å². The maximum Gasteiger partial charge on any atom is 0.260 e. The lowest BCUT2D eigenvalue weighted by molar-refractivity contribution is -0.134. The van der Waals surface area contributed by atoms with Crippen molar-refractivity contribution in [3.63, 3.8) is 0 Å². The summed E-state index contributed by atoms with van der Waals surface area (Å²) in [5, 5.41) is 0. The fourth-order valence-electron chi connectivity index (χ4n) is 2.17. The normalized spacial score (nSPS) is 15.1. The van der Waals surface area contributed by atoms with Crippen LogP contribution in [0, 0.1) is 0 Å². The van der Waals surface area contributed by atoms with E-state index in [0.717, 1.165) is 25.9 Å². The van der Waals surface area contributed by atoms with Crippen LogP contribution in [0.4, 0.5) is 0 Å². The lowest BCUT2D eigenvalue weighted by Crippen LogP contribution is -2.38. The van der Waals surface area contributed by atoms with E-state index in [0.29, 0.717) is 11.3 Å². The van der Waals surface area contributed by atoms with Crippen molar-refractivity contribution in [3.05, 3.63) is 29.8 Å². The highest BCUT2D eigenvalue weighted by molar-refractivity contribution is 5.95.